The van der Waals surface area contributed by atoms with Gasteiger partial charge in [0.2, 0.25) is 0 Å². The van der Waals surface area contributed by atoms with Crippen molar-refractivity contribution in [1.82, 2.24) is 15.2 Å². The normalized spacial score (nSPS) is 19.3. The summed E-state index contributed by atoms with van der Waals surface area (Å²) in [6.45, 7) is 8.46. The number of aryl methyl sites for hydroxylation is 2. The van der Waals surface area contributed by atoms with E-state index in [4.69, 9.17) is 0 Å². The highest BCUT2D eigenvalue weighted by Gasteiger charge is 2.36. The van der Waals surface area contributed by atoms with Crippen LogP contribution in [0.15, 0.2) is 36.5 Å². The standard InChI is InChI=1S/C22H25N5O3/c1-14-12-15(2)19(23-13-14)25-8-10-26(11-9-25)21(29)17-4-6-18(7-5-17)27-16(3)20(28)24-22(27)30/h4-7,12-13,16H,8-11H2,1-3H3,(H,24,28,30). The van der Waals surface area contributed by atoms with E-state index in [9.17, 15) is 14.4 Å². The Morgan fingerprint density at radius 1 is 1.07 bits per heavy atom. The third-order valence-electron chi connectivity index (χ3n) is 5.66. The van der Waals surface area contributed by atoms with Crippen molar-refractivity contribution in [2.45, 2.75) is 26.8 Å². The zero-order valence-corrected chi connectivity index (χ0v) is 17.4. The molecule has 0 aliphatic carbocycles. The van der Waals surface area contributed by atoms with Crippen LogP contribution in [0.1, 0.15) is 28.4 Å². The minimum Gasteiger partial charge on any atom is -0.353 e. The fourth-order valence-corrected chi connectivity index (χ4v) is 4.01. The number of urea groups is 1. The van der Waals surface area contributed by atoms with Gasteiger partial charge in [0.25, 0.3) is 11.8 Å². The summed E-state index contributed by atoms with van der Waals surface area (Å²) in [6.07, 6.45) is 1.87. The number of pyridine rings is 1. The highest BCUT2D eigenvalue weighted by molar-refractivity contribution is 6.14. The van der Waals surface area contributed by atoms with Gasteiger partial charge in [-0.1, -0.05) is 6.07 Å². The van der Waals surface area contributed by atoms with Crippen LogP contribution in [-0.4, -0.2) is 60.0 Å². The molecule has 1 unspecified atom stereocenters. The molecule has 2 fully saturated rings. The van der Waals surface area contributed by atoms with Gasteiger partial charge in [-0.25, -0.2) is 9.78 Å². The van der Waals surface area contributed by atoms with Crippen molar-refractivity contribution in [3.05, 3.63) is 53.2 Å². The second-order valence-corrected chi connectivity index (χ2v) is 7.82. The molecule has 4 rings (SSSR count). The minimum atomic E-state index is -0.564. The topological polar surface area (TPSA) is 85.8 Å². The number of aromatic nitrogens is 1. The number of benzene rings is 1. The first-order chi connectivity index (χ1) is 14.3. The molecule has 2 aromatic rings. The molecule has 30 heavy (non-hydrogen) atoms. The summed E-state index contributed by atoms with van der Waals surface area (Å²) in [5.74, 6) is 0.616. The molecule has 2 saturated heterocycles. The molecule has 0 radical (unpaired) electrons. The van der Waals surface area contributed by atoms with E-state index in [1.807, 2.05) is 18.0 Å². The van der Waals surface area contributed by atoms with Gasteiger partial charge in [-0.2, -0.15) is 0 Å². The third-order valence-corrected chi connectivity index (χ3v) is 5.66. The minimum absolute atomic E-state index is 0.0372. The number of hydrogen-bond donors (Lipinski definition) is 1. The maximum atomic E-state index is 12.9. The Labute approximate surface area is 175 Å². The van der Waals surface area contributed by atoms with E-state index in [1.54, 1.807) is 31.2 Å². The first kappa shape index (κ1) is 19.9. The van der Waals surface area contributed by atoms with Gasteiger partial charge in [0.1, 0.15) is 11.9 Å². The number of piperazine rings is 1. The summed E-state index contributed by atoms with van der Waals surface area (Å²) < 4.78 is 0. The molecule has 4 amide bonds. The van der Waals surface area contributed by atoms with Gasteiger partial charge in [-0.15, -0.1) is 0 Å². The lowest BCUT2D eigenvalue weighted by Gasteiger charge is -2.36. The lowest BCUT2D eigenvalue weighted by atomic mass is 10.1. The third kappa shape index (κ3) is 3.60. The fourth-order valence-electron chi connectivity index (χ4n) is 4.01. The molecule has 0 saturated carbocycles. The average Bonchev–Trinajstić information content (AvgIpc) is 2.99. The summed E-state index contributed by atoms with van der Waals surface area (Å²) in [5.41, 5.74) is 3.44. The SMILES string of the molecule is Cc1cnc(N2CCN(C(=O)c3ccc(N4C(=O)NC(=O)C4C)cc3)CC2)c(C)c1. The molecule has 3 heterocycles. The van der Waals surface area contributed by atoms with Crippen molar-refractivity contribution in [3.63, 3.8) is 0 Å². The van der Waals surface area contributed by atoms with E-state index < -0.39 is 12.1 Å². The highest BCUT2D eigenvalue weighted by atomic mass is 16.2. The Morgan fingerprint density at radius 3 is 2.30 bits per heavy atom. The molecule has 1 N–H and O–H groups in total. The predicted molar refractivity (Wildman–Crippen MR) is 114 cm³/mol. The van der Waals surface area contributed by atoms with Gasteiger partial charge in [-0.05, 0) is 56.2 Å². The number of amides is 4. The lowest BCUT2D eigenvalue weighted by Crippen LogP contribution is -2.49. The number of imide groups is 1. The van der Waals surface area contributed by atoms with Crippen LogP contribution in [0, 0.1) is 13.8 Å². The van der Waals surface area contributed by atoms with Gasteiger partial charge in [0.15, 0.2) is 0 Å². The van der Waals surface area contributed by atoms with Crippen LogP contribution >= 0.6 is 0 Å². The number of hydrogen-bond acceptors (Lipinski definition) is 5. The molecule has 156 valence electrons. The van der Waals surface area contributed by atoms with E-state index in [1.165, 1.54) is 4.90 Å². The van der Waals surface area contributed by atoms with E-state index in [-0.39, 0.29) is 11.8 Å². The molecular weight excluding hydrogens is 382 g/mol. The zero-order valence-electron chi connectivity index (χ0n) is 17.4. The second-order valence-electron chi connectivity index (χ2n) is 7.82. The van der Waals surface area contributed by atoms with Crippen LogP contribution in [-0.2, 0) is 4.79 Å². The number of anilines is 2. The van der Waals surface area contributed by atoms with Crippen molar-refractivity contribution in [2.75, 3.05) is 36.0 Å². The number of nitrogens with zero attached hydrogens (tertiary/aromatic N) is 4. The quantitative estimate of drug-likeness (QED) is 0.788. The number of rotatable bonds is 3. The number of carbonyl (C=O) groups is 3. The van der Waals surface area contributed by atoms with Crippen molar-refractivity contribution in [3.8, 4) is 0 Å². The van der Waals surface area contributed by atoms with Gasteiger partial charge in [-0.3, -0.25) is 19.8 Å². The summed E-state index contributed by atoms with van der Waals surface area (Å²) in [5, 5.41) is 2.29. The average molecular weight is 407 g/mol. The molecule has 0 spiro atoms. The molecule has 1 atom stereocenters. The molecular formula is C22H25N5O3. The largest absolute Gasteiger partial charge is 0.353 e. The molecule has 1 aromatic carbocycles. The summed E-state index contributed by atoms with van der Waals surface area (Å²) in [7, 11) is 0. The van der Waals surface area contributed by atoms with E-state index in [0.29, 0.717) is 24.3 Å². The maximum Gasteiger partial charge on any atom is 0.329 e. The Kier molecular flexibility index (Phi) is 5.15. The lowest BCUT2D eigenvalue weighted by molar-refractivity contribution is -0.119. The predicted octanol–water partition coefficient (Wildman–Crippen LogP) is 2.11. The Hall–Kier alpha value is -3.42. The maximum absolute atomic E-state index is 12.9. The second kappa shape index (κ2) is 7.78. The zero-order chi connectivity index (χ0) is 21.4. The van der Waals surface area contributed by atoms with Crippen LogP contribution in [0.25, 0.3) is 0 Å². The van der Waals surface area contributed by atoms with Gasteiger partial charge < -0.3 is 9.80 Å². The van der Waals surface area contributed by atoms with Crippen LogP contribution in [0.4, 0.5) is 16.3 Å². The molecule has 2 aliphatic heterocycles. The van der Waals surface area contributed by atoms with Crippen LogP contribution in [0.3, 0.4) is 0 Å². The van der Waals surface area contributed by atoms with Gasteiger partial charge in [0.05, 0.1) is 0 Å². The van der Waals surface area contributed by atoms with Crippen molar-refractivity contribution in [2.24, 2.45) is 0 Å². The van der Waals surface area contributed by atoms with E-state index in [2.05, 4.69) is 28.2 Å². The Morgan fingerprint density at radius 2 is 1.73 bits per heavy atom. The fraction of sp³-hybridized carbons (Fsp3) is 0.364. The first-order valence-electron chi connectivity index (χ1n) is 10.1. The van der Waals surface area contributed by atoms with Crippen molar-refractivity contribution >= 4 is 29.4 Å². The molecule has 1 aromatic heterocycles. The molecule has 8 nitrogen and oxygen atoms in total. The van der Waals surface area contributed by atoms with Crippen LogP contribution in [0.2, 0.25) is 0 Å². The smallest absolute Gasteiger partial charge is 0.329 e. The first-order valence-corrected chi connectivity index (χ1v) is 10.1. The number of carbonyl (C=O) groups excluding carboxylic acids is 3. The Balaban J connectivity index is 1.41. The van der Waals surface area contributed by atoms with Gasteiger partial charge >= 0.3 is 6.03 Å². The monoisotopic (exact) mass is 407 g/mol. The summed E-state index contributed by atoms with van der Waals surface area (Å²) in [4.78, 5) is 46.5. The molecule has 2 aliphatic rings. The van der Waals surface area contributed by atoms with Crippen LogP contribution in [0.5, 0.6) is 0 Å². The molecule has 0 bridgehead atoms. The van der Waals surface area contributed by atoms with Crippen molar-refractivity contribution < 1.29 is 14.4 Å². The number of nitrogens with one attached hydrogen (secondary N) is 1. The summed E-state index contributed by atoms with van der Waals surface area (Å²) in [6, 6.07) is 7.94. The van der Waals surface area contributed by atoms with Crippen molar-refractivity contribution in [1.29, 1.82) is 0 Å². The van der Waals surface area contributed by atoms with E-state index in [0.717, 1.165) is 30.0 Å². The van der Waals surface area contributed by atoms with Gasteiger partial charge in [0, 0.05) is 43.6 Å². The summed E-state index contributed by atoms with van der Waals surface area (Å²) >= 11 is 0. The van der Waals surface area contributed by atoms with E-state index >= 15 is 0 Å². The molecule has 8 heteroatoms. The van der Waals surface area contributed by atoms with Crippen LogP contribution < -0.4 is 15.1 Å². The highest BCUT2D eigenvalue weighted by Crippen LogP contribution is 2.23. The Bertz CT molecular complexity index is 996.